The molecular formula is C28H41FN2O3. The molecule has 0 amide bonds. The topological polar surface area (TPSA) is 50.8 Å². The van der Waals surface area contributed by atoms with E-state index >= 15 is 0 Å². The van der Waals surface area contributed by atoms with Crippen LogP contribution in [-0.4, -0.2) is 51.1 Å². The van der Waals surface area contributed by atoms with Crippen molar-refractivity contribution >= 4 is 17.5 Å². The highest BCUT2D eigenvalue weighted by Gasteiger charge is 2.18. The van der Waals surface area contributed by atoms with E-state index in [0.717, 1.165) is 41.9 Å². The van der Waals surface area contributed by atoms with Crippen LogP contribution in [0.3, 0.4) is 0 Å². The first kappa shape index (κ1) is 29.3. The molecule has 5 nitrogen and oxygen atoms in total. The molecule has 1 fully saturated rings. The number of nitrogens with zero attached hydrogens (tertiary/aromatic N) is 1. The zero-order valence-corrected chi connectivity index (χ0v) is 21.8. The number of aryl methyl sites for hydroxylation is 1. The largest absolute Gasteiger partial charge is 0.497 e. The van der Waals surface area contributed by atoms with Gasteiger partial charge in [0.2, 0.25) is 0 Å². The van der Waals surface area contributed by atoms with Crippen LogP contribution in [0.25, 0.3) is 5.57 Å². The van der Waals surface area contributed by atoms with E-state index in [0.29, 0.717) is 36.6 Å². The zero-order chi connectivity index (χ0) is 25.5. The Morgan fingerprint density at radius 2 is 1.68 bits per heavy atom. The van der Waals surface area contributed by atoms with E-state index in [1.54, 1.807) is 20.1 Å². The number of hydrogen-bond donors (Lipinski definition) is 1. The number of benzene rings is 2. The number of rotatable bonds is 7. The molecule has 2 aromatic carbocycles. The minimum Gasteiger partial charge on any atom is -0.497 e. The van der Waals surface area contributed by atoms with Crippen LogP contribution < -0.4 is 10.1 Å². The number of methoxy groups -OCH3 is 1. The van der Waals surface area contributed by atoms with E-state index < -0.39 is 0 Å². The van der Waals surface area contributed by atoms with Gasteiger partial charge < -0.3 is 14.8 Å². The zero-order valence-electron chi connectivity index (χ0n) is 21.8. The first-order chi connectivity index (χ1) is 16.4. The number of nitrogens with one attached hydrogen (secondary N) is 1. The lowest BCUT2D eigenvalue weighted by Gasteiger charge is -2.29. The first-order valence-corrected chi connectivity index (χ1v) is 12.1. The molecule has 3 rings (SSSR count). The third-order valence-corrected chi connectivity index (χ3v) is 5.21. The number of carbonyl (C=O) groups excluding carboxylic acids is 1. The maximum atomic E-state index is 14.2. The van der Waals surface area contributed by atoms with E-state index in [1.165, 1.54) is 12.5 Å². The van der Waals surface area contributed by atoms with Gasteiger partial charge in [0, 0.05) is 42.2 Å². The fourth-order valence-corrected chi connectivity index (χ4v) is 3.42. The molecule has 0 spiro atoms. The molecule has 6 heteroatoms. The van der Waals surface area contributed by atoms with E-state index in [-0.39, 0.29) is 5.82 Å². The molecule has 0 atom stereocenters. The van der Waals surface area contributed by atoms with Crippen LogP contribution in [0.4, 0.5) is 10.1 Å². The summed E-state index contributed by atoms with van der Waals surface area (Å²) in [6.07, 6.45) is 2.11. The highest BCUT2D eigenvalue weighted by Crippen LogP contribution is 2.28. The third kappa shape index (κ3) is 8.58. The number of halogens is 1. The Morgan fingerprint density at radius 1 is 1.09 bits per heavy atom. The predicted octanol–water partition coefficient (Wildman–Crippen LogP) is 6.25. The van der Waals surface area contributed by atoms with E-state index in [4.69, 9.17) is 9.47 Å². The van der Waals surface area contributed by atoms with Crippen LogP contribution in [-0.2, 0) is 9.53 Å². The molecule has 0 bridgehead atoms. The fraction of sp³-hybridized carbons (Fsp3) is 0.464. The van der Waals surface area contributed by atoms with Crippen molar-refractivity contribution in [1.82, 2.24) is 4.90 Å². The van der Waals surface area contributed by atoms with Crippen LogP contribution in [0.2, 0.25) is 0 Å². The van der Waals surface area contributed by atoms with E-state index in [1.807, 2.05) is 45.0 Å². The van der Waals surface area contributed by atoms with Gasteiger partial charge >= 0.3 is 0 Å². The number of morpholine rings is 1. The highest BCUT2D eigenvalue weighted by molar-refractivity contribution is 6.09. The minimum absolute atomic E-state index is 0.277. The van der Waals surface area contributed by atoms with Gasteiger partial charge in [0.05, 0.1) is 20.3 Å². The average molecular weight is 473 g/mol. The molecule has 0 radical (unpaired) electrons. The Hall–Kier alpha value is -2.70. The lowest BCUT2D eigenvalue weighted by molar-refractivity contribution is -0.103. The molecule has 1 saturated heterocycles. The lowest BCUT2D eigenvalue weighted by Crippen LogP contribution is -2.38. The van der Waals surface area contributed by atoms with Gasteiger partial charge in [0.25, 0.3) is 0 Å². The van der Waals surface area contributed by atoms with Gasteiger partial charge in [-0.1, -0.05) is 52.3 Å². The summed E-state index contributed by atoms with van der Waals surface area (Å²) in [6.45, 7) is 15.3. The average Bonchev–Trinajstić information content (AvgIpc) is 2.87. The van der Waals surface area contributed by atoms with Crippen molar-refractivity contribution in [2.45, 2.75) is 48.0 Å². The Labute approximate surface area is 205 Å². The predicted molar refractivity (Wildman–Crippen MR) is 140 cm³/mol. The lowest BCUT2D eigenvalue weighted by atomic mass is 10.0. The molecule has 1 aliphatic heterocycles. The van der Waals surface area contributed by atoms with Crippen LogP contribution in [0.5, 0.6) is 5.75 Å². The molecule has 1 aliphatic rings. The summed E-state index contributed by atoms with van der Waals surface area (Å²) in [6, 6.07) is 10.6. The van der Waals surface area contributed by atoms with Crippen molar-refractivity contribution < 1.29 is 18.7 Å². The van der Waals surface area contributed by atoms with Crippen molar-refractivity contribution in [2.24, 2.45) is 0 Å². The minimum atomic E-state index is -0.277. The van der Waals surface area contributed by atoms with Crippen molar-refractivity contribution in [3.63, 3.8) is 0 Å². The normalized spacial score (nSPS) is 14.0. The third-order valence-electron chi connectivity index (χ3n) is 5.21. The van der Waals surface area contributed by atoms with Crippen LogP contribution in [0.15, 0.2) is 42.1 Å². The molecule has 0 unspecified atom stereocenters. The molecule has 1 N–H and O–H groups in total. The summed E-state index contributed by atoms with van der Waals surface area (Å²) in [5, 5.41) is 3.38. The number of carbonyl (C=O) groups is 1. The smallest absolute Gasteiger partial charge is 0.152 e. The van der Waals surface area contributed by atoms with Gasteiger partial charge in [-0.3, -0.25) is 9.69 Å². The van der Waals surface area contributed by atoms with Crippen molar-refractivity contribution in [1.29, 1.82) is 0 Å². The SMILES string of the molecule is CC.CCC.COc1ccc(/C(C=O)=C(\CN2CCOCC2)Nc2c(C)ccc(F)c2C)cc1. The molecule has 34 heavy (non-hydrogen) atoms. The van der Waals surface area contributed by atoms with E-state index in [2.05, 4.69) is 24.1 Å². The second-order valence-electron chi connectivity index (χ2n) is 7.82. The summed E-state index contributed by atoms with van der Waals surface area (Å²) in [4.78, 5) is 14.3. The molecule has 1 heterocycles. The summed E-state index contributed by atoms with van der Waals surface area (Å²) >= 11 is 0. The highest BCUT2D eigenvalue weighted by atomic mass is 19.1. The molecule has 188 valence electrons. The molecule has 0 aliphatic carbocycles. The summed E-state index contributed by atoms with van der Waals surface area (Å²) in [7, 11) is 1.60. The molecule has 0 saturated carbocycles. The Bertz CT molecular complexity index is 905. The first-order valence-electron chi connectivity index (χ1n) is 12.1. The number of hydrogen-bond acceptors (Lipinski definition) is 5. The van der Waals surface area contributed by atoms with Gasteiger partial charge in [-0.25, -0.2) is 4.39 Å². The van der Waals surface area contributed by atoms with Crippen LogP contribution in [0.1, 0.15) is 50.8 Å². The van der Waals surface area contributed by atoms with Gasteiger partial charge in [-0.15, -0.1) is 0 Å². The number of ether oxygens (including phenoxy) is 2. The van der Waals surface area contributed by atoms with Gasteiger partial charge in [0.15, 0.2) is 6.29 Å². The molecular weight excluding hydrogens is 431 g/mol. The number of allylic oxidation sites excluding steroid dienone is 1. The maximum Gasteiger partial charge on any atom is 0.152 e. The maximum absolute atomic E-state index is 14.2. The molecule has 0 aromatic heterocycles. The monoisotopic (exact) mass is 472 g/mol. The standard InChI is InChI=1S/C23H27FN2O3.C3H8.C2H6/c1-16-4-9-21(24)17(2)23(16)25-22(14-26-10-12-29-13-11-26)20(15-27)18-5-7-19(28-3)8-6-18;1-3-2;1-2/h4-9,15,25H,10-14H2,1-3H3;3H2,1-2H3;1-2H3/b22-20+;;. The summed E-state index contributed by atoms with van der Waals surface area (Å²) < 4.78 is 24.9. The fourth-order valence-electron chi connectivity index (χ4n) is 3.42. The van der Waals surface area contributed by atoms with Gasteiger partial charge in [-0.2, -0.15) is 0 Å². The van der Waals surface area contributed by atoms with Gasteiger partial charge in [0.1, 0.15) is 11.6 Å². The second kappa shape index (κ2) is 16.0. The molecule has 2 aromatic rings. The van der Waals surface area contributed by atoms with Gasteiger partial charge in [-0.05, 0) is 43.2 Å². The van der Waals surface area contributed by atoms with Crippen LogP contribution in [0, 0.1) is 19.7 Å². The van der Waals surface area contributed by atoms with Crippen molar-refractivity contribution in [2.75, 3.05) is 45.3 Å². The Balaban J connectivity index is 0.00000107. The van der Waals surface area contributed by atoms with Crippen LogP contribution >= 0.6 is 0 Å². The quantitative estimate of drug-likeness (QED) is 0.381. The Kier molecular flexibility index (Phi) is 13.8. The second-order valence-corrected chi connectivity index (χ2v) is 7.82. The van der Waals surface area contributed by atoms with Crippen molar-refractivity contribution in [3.05, 3.63) is 64.6 Å². The number of aldehydes is 1. The Morgan fingerprint density at radius 3 is 2.21 bits per heavy atom. The van der Waals surface area contributed by atoms with E-state index in [9.17, 15) is 9.18 Å². The van der Waals surface area contributed by atoms with Crippen molar-refractivity contribution in [3.8, 4) is 5.75 Å². The summed E-state index contributed by atoms with van der Waals surface area (Å²) in [5.74, 6) is 0.444. The number of anilines is 1. The summed E-state index contributed by atoms with van der Waals surface area (Å²) in [5.41, 5.74) is 4.21.